The lowest BCUT2D eigenvalue weighted by Gasteiger charge is -2.34. The Balaban J connectivity index is 1.73. The maximum atomic E-state index is 14.8. The molecule has 0 unspecified atom stereocenters. The fourth-order valence-corrected chi connectivity index (χ4v) is 3.68. The number of fused-ring (bicyclic) bond motifs is 1. The first-order valence-corrected chi connectivity index (χ1v) is 9.19. The second-order valence-electron chi connectivity index (χ2n) is 6.92. The molecule has 4 aromatic heterocycles. The third-order valence-corrected chi connectivity index (χ3v) is 5.10. The van der Waals surface area contributed by atoms with Gasteiger partial charge in [-0.05, 0) is 31.2 Å². The van der Waals surface area contributed by atoms with Gasteiger partial charge in [-0.25, -0.2) is 9.97 Å². The molecular formula is C20H19FN6O. The maximum Gasteiger partial charge on any atom is 0.223 e. The molecule has 2 N–H and O–H groups in total. The Morgan fingerprint density at radius 3 is 3.04 bits per heavy atom. The van der Waals surface area contributed by atoms with Crippen molar-refractivity contribution in [2.24, 2.45) is 0 Å². The van der Waals surface area contributed by atoms with Gasteiger partial charge in [0.25, 0.3) is 0 Å². The number of morpholine rings is 1. The summed E-state index contributed by atoms with van der Waals surface area (Å²) >= 11 is 0. The normalized spacial score (nSPS) is 17.4. The van der Waals surface area contributed by atoms with E-state index in [1.54, 1.807) is 12.4 Å². The monoisotopic (exact) mass is 378 g/mol. The van der Waals surface area contributed by atoms with Gasteiger partial charge in [0, 0.05) is 29.9 Å². The lowest BCUT2D eigenvalue weighted by atomic mass is 10.0. The van der Waals surface area contributed by atoms with Crippen molar-refractivity contribution in [1.29, 1.82) is 0 Å². The summed E-state index contributed by atoms with van der Waals surface area (Å²) in [4.78, 5) is 14.0. The van der Waals surface area contributed by atoms with Gasteiger partial charge in [0.2, 0.25) is 5.95 Å². The average Bonchev–Trinajstić information content (AvgIpc) is 3.40. The van der Waals surface area contributed by atoms with E-state index in [4.69, 9.17) is 9.72 Å². The minimum absolute atomic E-state index is 0.178. The van der Waals surface area contributed by atoms with Gasteiger partial charge in [-0.3, -0.25) is 5.10 Å². The van der Waals surface area contributed by atoms with E-state index in [2.05, 4.69) is 32.0 Å². The van der Waals surface area contributed by atoms with Crippen molar-refractivity contribution >= 4 is 16.7 Å². The molecule has 28 heavy (non-hydrogen) atoms. The Kier molecular flexibility index (Phi) is 4.05. The molecule has 0 amide bonds. The summed E-state index contributed by atoms with van der Waals surface area (Å²) in [6.07, 6.45) is 4.97. The van der Waals surface area contributed by atoms with Crippen LogP contribution in [0.15, 0.2) is 42.9 Å². The molecule has 0 radical (unpaired) electrons. The second-order valence-corrected chi connectivity index (χ2v) is 6.92. The Hall–Kier alpha value is -3.26. The molecule has 0 aromatic carbocycles. The fourth-order valence-electron chi connectivity index (χ4n) is 3.68. The minimum Gasteiger partial charge on any atom is -0.377 e. The van der Waals surface area contributed by atoms with Crippen LogP contribution in [0.25, 0.3) is 33.4 Å². The van der Waals surface area contributed by atoms with Gasteiger partial charge < -0.3 is 14.6 Å². The summed E-state index contributed by atoms with van der Waals surface area (Å²) in [5, 5.41) is 7.78. The summed E-state index contributed by atoms with van der Waals surface area (Å²) in [6, 6.07) is 7.78. The highest BCUT2D eigenvalue weighted by molar-refractivity contribution is 5.94. The zero-order valence-corrected chi connectivity index (χ0v) is 15.3. The molecule has 5 rings (SSSR count). The highest BCUT2D eigenvalue weighted by Gasteiger charge is 2.23. The van der Waals surface area contributed by atoms with Gasteiger partial charge in [0.1, 0.15) is 5.82 Å². The zero-order chi connectivity index (χ0) is 19.1. The number of nitrogens with zero attached hydrogens (tertiary/aromatic N) is 4. The van der Waals surface area contributed by atoms with Crippen LogP contribution >= 0.6 is 0 Å². The van der Waals surface area contributed by atoms with Crippen LogP contribution in [-0.2, 0) is 4.74 Å². The number of halogens is 1. The van der Waals surface area contributed by atoms with Crippen LogP contribution in [0.1, 0.15) is 6.92 Å². The van der Waals surface area contributed by atoms with Crippen molar-refractivity contribution < 1.29 is 9.13 Å². The number of hydrogen-bond acceptors (Lipinski definition) is 5. The van der Waals surface area contributed by atoms with Crippen molar-refractivity contribution in [2.75, 3.05) is 24.7 Å². The van der Waals surface area contributed by atoms with Crippen LogP contribution in [-0.4, -0.2) is 50.9 Å². The molecule has 7 nitrogen and oxygen atoms in total. The predicted molar refractivity (Wildman–Crippen MR) is 104 cm³/mol. The molecule has 0 saturated carbocycles. The van der Waals surface area contributed by atoms with Crippen LogP contribution in [0.3, 0.4) is 0 Å². The number of aromatic nitrogens is 5. The number of hydrogen-bond donors (Lipinski definition) is 2. The van der Waals surface area contributed by atoms with E-state index in [0.717, 1.165) is 34.5 Å². The maximum absolute atomic E-state index is 14.8. The quantitative estimate of drug-likeness (QED) is 0.534. The molecule has 0 bridgehead atoms. The van der Waals surface area contributed by atoms with E-state index in [1.807, 2.05) is 24.3 Å². The number of nitrogens with one attached hydrogen (secondary N) is 2. The molecule has 8 heteroatoms. The van der Waals surface area contributed by atoms with Gasteiger partial charge in [-0.1, -0.05) is 0 Å². The standard InChI is InChI=1S/C20H19FN6O/c1-12-11-28-7-6-27(12)18-9-13(15-3-5-24-26-15)8-16(25-18)19-14-2-4-22-17(14)10-23-20(19)21/h2-5,8-10,12,22H,6-7,11H2,1H3,(H,24,26)/t12-/m1/s1. The van der Waals surface area contributed by atoms with E-state index >= 15 is 0 Å². The molecule has 1 saturated heterocycles. The molecule has 1 fully saturated rings. The summed E-state index contributed by atoms with van der Waals surface area (Å²) in [5.74, 6) is 0.243. The molecule has 5 heterocycles. The SMILES string of the molecule is C[C@@H]1COCCN1c1cc(-c2ccn[nH]2)cc(-c2c(F)ncc3[nH]ccc23)n1. The number of H-pyrrole nitrogens is 2. The Bertz CT molecular complexity index is 1120. The van der Waals surface area contributed by atoms with Crippen LogP contribution in [0.5, 0.6) is 0 Å². The summed E-state index contributed by atoms with van der Waals surface area (Å²) < 4.78 is 20.3. The largest absolute Gasteiger partial charge is 0.377 e. The highest BCUT2D eigenvalue weighted by atomic mass is 19.1. The van der Waals surface area contributed by atoms with Crippen LogP contribution in [0, 0.1) is 5.95 Å². The third kappa shape index (κ3) is 2.82. The zero-order valence-electron chi connectivity index (χ0n) is 15.3. The van der Waals surface area contributed by atoms with Crippen molar-refractivity contribution in [3.63, 3.8) is 0 Å². The number of rotatable bonds is 3. The van der Waals surface area contributed by atoms with Gasteiger partial charge in [-0.15, -0.1) is 0 Å². The second kappa shape index (κ2) is 6.72. The minimum atomic E-state index is -0.540. The van der Waals surface area contributed by atoms with Crippen LogP contribution < -0.4 is 4.90 Å². The van der Waals surface area contributed by atoms with Gasteiger partial charge in [-0.2, -0.15) is 9.49 Å². The van der Waals surface area contributed by atoms with E-state index in [0.29, 0.717) is 24.5 Å². The summed E-state index contributed by atoms with van der Waals surface area (Å²) in [6.45, 7) is 4.10. The fraction of sp³-hybridized carbons (Fsp3) is 0.250. The smallest absolute Gasteiger partial charge is 0.223 e. The molecule has 0 aliphatic carbocycles. The Morgan fingerprint density at radius 1 is 1.29 bits per heavy atom. The predicted octanol–water partition coefficient (Wildman–Crippen LogP) is 3.38. The molecule has 142 valence electrons. The van der Waals surface area contributed by atoms with Gasteiger partial charge in [0.05, 0.1) is 47.9 Å². The highest BCUT2D eigenvalue weighted by Crippen LogP contribution is 2.34. The summed E-state index contributed by atoms with van der Waals surface area (Å²) in [7, 11) is 0. The first-order valence-electron chi connectivity index (χ1n) is 9.19. The number of ether oxygens (including phenoxy) is 1. The van der Waals surface area contributed by atoms with Crippen LogP contribution in [0.4, 0.5) is 10.2 Å². The van der Waals surface area contributed by atoms with Gasteiger partial charge in [0.15, 0.2) is 0 Å². The molecule has 4 aromatic rings. The first-order chi connectivity index (χ1) is 13.7. The summed E-state index contributed by atoms with van der Waals surface area (Å²) in [5.41, 5.74) is 3.44. The van der Waals surface area contributed by atoms with Crippen molar-refractivity contribution in [3.05, 3.63) is 48.8 Å². The van der Waals surface area contributed by atoms with E-state index < -0.39 is 5.95 Å². The topological polar surface area (TPSA) is 82.7 Å². The van der Waals surface area contributed by atoms with E-state index in [-0.39, 0.29) is 6.04 Å². The van der Waals surface area contributed by atoms with Crippen molar-refractivity contribution in [1.82, 2.24) is 25.1 Å². The third-order valence-electron chi connectivity index (χ3n) is 5.10. The molecule has 1 aliphatic rings. The molecular weight excluding hydrogens is 359 g/mol. The Morgan fingerprint density at radius 2 is 2.21 bits per heavy atom. The van der Waals surface area contributed by atoms with E-state index in [1.165, 1.54) is 6.20 Å². The van der Waals surface area contributed by atoms with E-state index in [9.17, 15) is 4.39 Å². The molecule has 1 aliphatic heterocycles. The lowest BCUT2D eigenvalue weighted by Crippen LogP contribution is -2.44. The van der Waals surface area contributed by atoms with Gasteiger partial charge >= 0.3 is 0 Å². The van der Waals surface area contributed by atoms with Crippen molar-refractivity contribution in [2.45, 2.75) is 13.0 Å². The molecule has 0 spiro atoms. The van der Waals surface area contributed by atoms with Crippen LogP contribution in [0.2, 0.25) is 0 Å². The average molecular weight is 378 g/mol. The first kappa shape index (κ1) is 16.9. The van der Waals surface area contributed by atoms with Crippen molar-refractivity contribution in [3.8, 4) is 22.5 Å². The lowest BCUT2D eigenvalue weighted by molar-refractivity contribution is 0.0985. The number of aromatic amines is 2. The number of anilines is 1. The number of pyridine rings is 2. The molecule has 1 atom stereocenters. The Labute approximate surface area is 160 Å².